The van der Waals surface area contributed by atoms with E-state index in [1.807, 2.05) is 53.4 Å². The number of rotatable bonds is 2. The molecule has 0 radical (unpaired) electrons. The van der Waals surface area contributed by atoms with E-state index < -0.39 is 6.10 Å². The van der Waals surface area contributed by atoms with Crippen molar-refractivity contribution in [3.63, 3.8) is 0 Å². The number of para-hydroxylation sites is 4. The molecule has 3 aromatic rings. The van der Waals surface area contributed by atoms with Crippen molar-refractivity contribution in [1.29, 1.82) is 0 Å². The van der Waals surface area contributed by atoms with Gasteiger partial charge in [-0.1, -0.05) is 24.3 Å². The van der Waals surface area contributed by atoms with Crippen LogP contribution in [0.15, 0.2) is 52.9 Å². The summed E-state index contributed by atoms with van der Waals surface area (Å²) >= 11 is 0. The standard InChI is InChI=1S/C21H20N2O4/c24-21(19-13-25-17-7-3-4-8-18(17)26-19)23-11-9-14(10-12-23)20-22-15-5-1-2-6-16(15)27-20/h1-8,14,19H,9-13H2/t19-/m0/s1. The van der Waals surface area contributed by atoms with Gasteiger partial charge in [-0.2, -0.15) is 0 Å². The second-order valence-corrected chi connectivity index (χ2v) is 6.98. The number of carbonyl (C=O) groups is 1. The number of hydrogen-bond acceptors (Lipinski definition) is 5. The first-order valence-electron chi connectivity index (χ1n) is 9.31. The molecule has 3 heterocycles. The van der Waals surface area contributed by atoms with E-state index in [-0.39, 0.29) is 18.4 Å². The molecule has 1 saturated heterocycles. The van der Waals surface area contributed by atoms with E-state index in [0.29, 0.717) is 24.6 Å². The summed E-state index contributed by atoms with van der Waals surface area (Å²) in [6.45, 7) is 1.59. The van der Waals surface area contributed by atoms with Gasteiger partial charge in [0.05, 0.1) is 0 Å². The first-order chi connectivity index (χ1) is 13.3. The lowest BCUT2D eigenvalue weighted by Gasteiger charge is -2.34. The minimum absolute atomic E-state index is 0.0134. The van der Waals surface area contributed by atoms with Crippen LogP contribution in [0, 0.1) is 0 Å². The molecule has 1 aromatic heterocycles. The number of hydrogen-bond donors (Lipinski definition) is 0. The molecule has 0 spiro atoms. The Kier molecular flexibility index (Phi) is 3.96. The van der Waals surface area contributed by atoms with Crippen LogP contribution in [0.5, 0.6) is 11.5 Å². The number of oxazole rings is 1. The Morgan fingerprint density at radius 2 is 1.74 bits per heavy atom. The molecular formula is C21H20N2O4. The maximum Gasteiger partial charge on any atom is 0.267 e. The summed E-state index contributed by atoms with van der Waals surface area (Å²) in [4.78, 5) is 19.3. The molecule has 138 valence electrons. The summed E-state index contributed by atoms with van der Waals surface area (Å²) in [5.41, 5.74) is 1.70. The minimum Gasteiger partial charge on any atom is -0.485 e. The van der Waals surface area contributed by atoms with Crippen molar-refractivity contribution in [2.24, 2.45) is 0 Å². The van der Waals surface area contributed by atoms with Gasteiger partial charge < -0.3 is 18.8 Å². The van der Waals surface area contributed by atoms with E-state index in [4.69, 9.17) is 13.9 Å². The molecule has 0 saturated carbocycles. The Hall–Kier alpha value is -3.02. The average molecular weight is 364 g/mol. The van der Waals surface area contributed by atoms with E-state index >= 15 is 0 Å². The van der Waals surface area contributed by atoms with Gasteiger partial charge in [-0.25, -0.2) is 4.98 Å². The largest absolute Gasteiger partial charge is 0.485 e. The van der Waals surface area contributed by atoms with Gasteiger partial charge in [-0.3, -0.25) is 4.79 Å². The normalized spacial score (nSPS) is 20.0. The molecule has 6 heteroatoms. The maximum absolute atomic E-state index is 12.8. The highest BCUT2D eigenvalue weighted by Crippen LogP contribution is 2.33. The number of ether oxygens (including phenoxy) is 2. The zero-order valence-corrected chi connectivity index (χ0v) is 14.8. The summed E-state index contributed by atoms with van der Waals surface area (Å²) in [5, 5.41) is 0. The lowest BCUT2D eigenvalue weighted by Crippen LogP contribution is -2.48. The Morgan fingerprint density at radius 1 is 1.00 bits per heavy atom. The molecule has 2 aliphatic heterocycles. The van der Waals surface area contributed by atoms with E-state index in [9.17, 15) is 4.79 Å². The first kappa shape index (κ1) is 16.2. The van der Waals surface area contributed by atoms with Gasteiger partial charge in [-0.05, 0) is 37.1 Å². The third kappa shape index (κ3) is 3.01. The highest BCUT2D eigenvalue weighted by atomic mass is 16.6. The van der Waals surface area contributed by atoms with Crippen LogP contribution in [0.2, 0.25) is 0 Å². The second kappa shape index (κ2) is 6.61. The maximum atomic E-state index is 12.8. The molecule has 0 N–H and O–H groups in total. The van der Waals surface area contributed by atoms with Gasteiger partial charge in [0.15, 0.2) is 23.0 Å². The van der Waals surface area contributed by atoms with Crippen LogP contribution in [0.4, 0.5) is 0 Å². The summed E-state index contributed by atoms with van der Waals surface area (Å²) in [7, 11) is 0. The Labute approximate surface area is 156 Å². The topological polar surface area (TPSA) is 64.8 Å². The number of piperidine rings is 1. The van der Waals surface area contributed by atoms with Crippen molar-refractivity contribution in [3.8, 4) is 11.5 Å². The van der Waals surface area contributed by atoms with Crippen LogP contribution in [0.3, 0.4) is 0 Å². The van der Waals surface area contributed by atoms with Crippen LogP contribution >= 0.6 is 0 Å². The summed E-state index contributed by atoms with van der Waals surface area (Å²) < 4.78 is 17.4. The zero-order chi connectivity index (χ0) is 18.2. The number of benzene rings is 2. The number of fused-ring (bicyclic) bond motifs is 2. The molecule has 2 aliphatic rings. The lowest BCUT2D eigenvalue weighted by atomic mass is 9.96. The molecule has 0 bridgehead atoms. The predicted molar refractivity (Wildman–Crippen MR) is 98.9 cm³/mol. The van der Waals surface area contributed by atoms with Gasteiger partial charge in [0.1, 0.15) is 12.1 Å². The smallest absolute Gasteiger partial charge is 0.267 e. The van der Waals surface area contributed by atoms with Crippen molar-refractivity contribution in [2.75, 3.05) is 19.7 Å². The van der Waals surface area contributed by atoms with E-state index in [1.165, 1.54) is 0 Å². The summed E-state index contributed by atoms with van der Waals surface area (Å²) in [5.74, 6) is 2.32. The fourth-order valence-corrected chi connectivity index (χ4v) is 3.76. The zero-order valence-electron chi connectivity index (χ0n) is 14.8. The Bertz CT molecular complexity index is 942. The van der Waals surface area contributed by atoms with Crippen molar-refractivity contribution in [2.45, 2.75) is 24.9 Å². The van der Waals surface area contributed by atoms with Crippen molar-refractivity contribution >= 4 is 17.0 Å². The number of carbonyl (C=O) groups excluding carboxylic acids is 1. The molecule has 0 unspecified atom stereocenters. The minimum atomic E-state index is -0.583. The lowest BCUT2D eigenvalue weighted by molar-refractivity contribution is -0.142. The molecule has 1 fully saturated rings. The number of amides is 1. The van der Waals surface area contributed by atoms with Crippen LogP contribution < -0.4 is 9.47 Å². The molecule has 27 heavy (non-hydrogen) atoms. The van der Waals surface area contributed by atoms with Crippen LogP contribution in [0.25, 0.3) is 11.1 Å². The second-order valence-electron chi connectivity index (χ2n) is 6.98. The van der Waals surface area contributed by atoms with Gasteiger partial charge in [0, 0.05) is 19.0 Å². The molecule has 6 nitrogen and oxygen atoms in total. The average Bonchev–Trinajstić information content (AvgIpc) is 3.17. The molecule has 2 aromatic carbocycles. The molecule has 1 atom stereocenters. The third-order valence-corrected chi connectivity index (χ3v) is 5.25. The number of nitrogens with zero attached hydrogens (tertiary/aromatic N) is 2. The molecule has 1 amide bonds. The predicted octanol–water partition coefficient (Wildman–Crippen LogP) is 3.37. The Morgan fingerprint density at radius 3 is 2.56 bits per heavy atom. The van der Waals surface area contributed by atoms with Crippen molar-refractivity contribution < 1.29 is 18.7 Å². The van der Waals surface area contributed by atoms with E-state index in [1.54, 1.807) is 0 Å². The highest BCUT2D eigenvalue weighted by Gasteiger charge is 2.34. The van der Waals surface area contributed by atoms with Crippen molar-refractivity contribution in [3.05, 3.63) is 54.4 Å². The SMILES string of the molecule is O=C([C@@H]1COc2ccccc2O1)N1CCC(c2nc3ccccc3o2)CC1. The Balaban J connectivity index is 1.23. The van der Waals surface area contributed by atoms with Gasteiger partial charge >= 0.3 is 0 Å². The molecule has 0 aliphatic carbocycles. The number of aromatic nitrogens is 1. The fourth-order valence-electron chi connectivity index (χ4n) is 3.76. The van der Waals surface area contributed by atoms with E-state index in [2.05, 4.69) is 4.98 Å². The highest BCUT2D eigenvalue weighted by molar-refractivity contribution is 5.82. The number of likely N-dealkylation sites (tertiary alicyclic amines) is 1. The fraction of sp³-hybridized carbons (Fsp3) is 0.333. The third-order valence-electron chi connectivity index (χ3n) is 5.25. The van der Waals surface area contributed by atoms with Crippen LogP contribution in [-0.2, 0) is 4.79 Å². The van der Waals surface area contributed by atoms with E-state index in [0.717, 1.165) is 29.8 Å². The monoisotopic (exact) mass is 364 g/mol. The molecular weight excluding hydrogens is 344 g/mol. The van der Waals surface area contributed by atoms with Gasteiger partial charge in [-0.15, -0.1) is 0 Å². The summed E-state index contributed by atoms with van der Waals surface area (Å²) in [6, 6.07) is 15.2. The van der Waals surface area contributed by atoms with Crippen molar-refractivity contribution in [1.82, 2.24) is 9.88 Å². The van der Waals surface area contributed by atoms with Gasteiger partial charge in [0.25, 0.3) is 5.91 Å². The molecule has 5 rings (SSSR count). The quantitative estimate of drug-likeness (QED) is 0.698. The van der Waals surface area contributed by atoms with Crippen LogP contribution in [0.1, 0.15) is 24.7 Å². The summed E-state index contributed by atoms with van der Waals surface area (Å²) in [6.07, 6.45) is 1.09. The first-order valence-corrected chi connectivity index (χ1v) is 9.31. The van der Waals surface area contributed by atoms with Gasteiger partial charge in [0.2, 0.25) is 6.10 Å². The van der Waals surface area contributed by atoms with Crippen LogP contribution in [-0.4, -0.2) is 41.6 Å².